The maximum atomic E-state index is 14.6. The molecule has 0 radical (unpaired) electrons. The van der Waals surface area contributed by atoms with Crippen molar-refractivity contribution >= 4 is 35.8 Å². The highest BCUT2D eigenvalue weighted by atomic mass is 35.5. The summed E-state index contributed by atoms with van der Waals surface area (Å²) in [7, 11) is 1.54. The molecule has 1 fully saturated rings. The normalized spacial score (nSPS) is 19.3. The molecule has 0 spiro atoms. The lowest BCUT2D eigenvalue weighted by Gasteiger charge is -2.36. The molecule has 0 aliphatic carbocycles. The zero-order valence-electron chi connectivity index (χ0n) is 20.0. The first-order valence-corrected chi connectivity index (χ1v) is 11.6. The predicted octanol–water partition coefficient (Wildman–Crippen LogP) is 3.16. The van der Waals surface area contributed by atoms with Crippen LogP contribution in [0, 0.1) is 5.82 Å². The number of hydrogen-bond acceptors (Lipinski definition) is 8. The Balaban J connectivity index is 0.00000180. The number of pyridine rings is 2. The number of rotatable bonds is 7. The molecule has 2 N–H and O–H groups in total. The maximum absolute atomic E-state index is 14.6. The van der Waals surface area contributed by atoms with Crippen LogP contribution in [0.25, 0.3) is 11.0 Å². The molecule has 4 heterocycles. The Morgan fingerprint density at radius 1 is 1.17 bits per heavy atom. The highest BCUT2D eigenvalue weighted by Crippen LogP contribution is 2.31. The molecule has 3 aromatic rings. The van der Waals surface area contributed by atoms with Crippen molar-refractivity contribution in [1.29, 1.82) is 0 Å². The van der Waals surface area contributed by atoms with Crippen LogP contribution in [0.5, 0.6) is 17.4 Å². The van der Waals surface area contributed by atoms with Gasteiger partial charge in [-0.05, 0) is 43.1 Å². The number of aliphatic hydroxyl groups is 1. The van der Waals surface area contributed by atoms with E-state index in [1.807, 2.05) is 18.2 Å². The Bertz CT molecular complexity index is 1170. The number of β-amino-alcohol motifs (C(OH)–C–C–N with tert-alkyl or cyclic N) is 1. The quantitative estimate of drug-likeness (QED) is 0.472. The zero-order valence-corrected chi connectivity index (χ0v) is 21.6. The molecule has 0 amide bonds. The van der Waals surface area contributed by atoms with Crippen LogP contribution in [0.15, 0.2) is 36.5 Å². The van der Waals surface area contributed by atoms with Crippen molar-refractivity contribution in [3.8, 4) is 17.4 Å². The van der Waals surface area contributed by atoms with Gasteiger partial charge >= 0.3 is 0 Å². The number of methoxy groups -OCH3 is 1. The number of halogens is 3. The first-order valence-electron chi connectivity index (χ1n) is 11.6. The van der Waals surface area contributed by atoms with Gasteiger partial charge in [-0.25, -0.2) is 9.37 Å². The first-order chi connectivity index (χ1) is 16.6. The Kier molecular flexibility index (Phi) is 9.92. The van der Waals surface area contributed by atoms with E-state index in [0.717, 1.165) is 30.0 Å². The molecule has 0 saturated carbocycles. The van der Waals surface area contributed by atoms with E-state index in [4.69, 9.17) is 14.2 Å². The second kappa shape index (κ2) is 12.7. The van der Waals surface area contributed by atoms with Gasteiger partial charge in [0.1, 0.15) is 19.0 Å². The molecular formula is C25H31Cl2FN4O4. The van der Waals surface area contributed by atoms with Crippen molar-refractivity contribution in [3.05, 3.63) is 53.5 Å². The molecule has 2 atom stereocenters. The molecule has 0 unspecified atom stereocenters. The SMILES string of the molecule is COc1ccc2ncc(F)c(CCN3CC[C@@H](NCc4ccc5c(c4)OCCO5)[C@H](O)C3)c2n1.Cl.Cl. The minimum atomic E-state index is -0.511. The van der Waals surface area contributed by atoms with Gasteiger partial charge in [-0.1, -0.05) is 6.07 Å². The molecule has 1 saturated heterocycles. The smallest absolute Gasteiger partial charge is 0.213 e. The van der Waals surface area contributed by atoms with E-state index in [1.54, 1.807) is 12.1 Å². The minimum absolute atomic E-state index is 0. The van der Waals surface area contributed by atoms with Gasteiger partial charge in [-0.15, -0.1) is 24.8 Å². The highest BCUT2D eigenvalue weighted by molar-refractivity contribution is 5.85. The minimum Gasteiger partial charge on any atom is -0.486 e. The summed E-state index contributed by atoms with van der Waals surface area (Å²) in [6, 6.07) is 9.42. The maximum Gasteiger partial charge on any atom is 0.213 e. The van der Waals surface area contributed by atoms with Crippen molar-refractivity contribution in [2.24, 2.45) is 0 Å². The molecule has 196 valence electrons. The zero-order chi connectivity index (χ0) is 23.5. The average Bonchev–Trinajstić information content (AvgIpc) is 2.87. The molecule has 2 aromatic heterocycles. The number of benzene rings is 1. The van der Waals surface area contributed by atoms with Gasteiger partial charge in [0.15, 0.2) is 11.5 Å². The molecule has 2 aliphatic heterocycles. The number of nitrogens with zero attached hydrogens (tertiary/aromatic N) is 3. The van der Waals surface area contributed by atoms with Crippen molar-refractivity contribution in [2.75, 3.05) is 40.0 Å². The Morgan fingerprint density at radius 2 is 1.97 bits per heavy atom. The number of fused-ring (bicyclic) bond motifs is 2. The van der Waals surface area contributed by atoms with E-state index in [9.17, 15) is 9.50 Å². The lowest BCUT2D eigenvalue weighted by molar-refractivity contribution is 0.0404. The van der Waals surface area contributed by atoms with Crippen LogP contribution in [-0.4, -0.2) is 72.1 Å². The molecule has 2 aliphatic rings. The lowest BCUT2D eigenvalue weighted by atomic mass is 10.0. The second-order valence-electron chi connectivity index (χ2n) is 8.68. The fourth-order valence-corrected chi connectivity index (χ4v) is 4.58. The summed E-state index contributed by atoms with van der Waals surface area (Å²) in [6.45, 7) is 3.74. The lowest BCUT2D eigenvalue weighted by Crippen LogP contribution is -2.52. The molecule has 5 rings (SSSR count). The molecule has 0 bridgehead atoms. The van der Waals surface area contributed by atoms with Crippen molar-refractivity contribution in [3.63, 3.8) is 0 Å². The number of nitrogens with one attached hydrogen (secondary N) is 1. The largest absolute Gasteiger partial charge is 0.486 e. The van der Waals surface area contributed by atoms with Crippen LogP contribution in [0.4, 0.5) is 4.39 Å². The third-order valence-electron chi connectivity index (χ3n) is 6.47. The Morgan fingerprint density at radius 3 is 2.75 bits per heavy atom. The van der Waals surface area contributed by atoms with Gasteiger partial charge in [0, 0.05) is 37.3 Å². The van der Waals surface area contributed by atoms with E-state index in [0.29, 0.717) is 61.7 Å². The Labute approximate surface area is 222 Å². The Hall–Kier alpha value is -2.43. The average molecular weight is 541 g/mol. The van der Waals surface area contributed by atoms with Gasteiger partial charge in [0.2, 0.25) is 5.88 Å². The summed E-state index contributed by atoms with van der Waals surface area (Å²) in [4.78, 5) is 10.7. The van der Waals surface area contributed by atoms with Gasteiger partial charge < -0.3 is 29.5 Å². The predicted molar refractivity (Wildman–Crippen MR) is 139 cm³/mol. The summed E-state index contributed by atoms with van der Waals surface area (Å²) in [5.74, 6) is 1.60. The number of hydrogen-bond donors (Lipinski definition) is 2. The van der Waals surface area contributed by atoms with E-state index >= 15 is 0 Å². The summed E-state index contributed by atoms with van der Waals surface area (Å²) < 4.78 is 31.0. The van der Waals surface area contributed by atoms with Crippen LogP contribution in [0.3, 0.4) is 0 Å². The molecular weight excluding hydrogens is 510 g/mol. The molecule has 8 nitrogen and oxygen atoms in total. The topological polar surface area (TPSA) is 89.0 Å². The number of ether oxygens (including phenoxy) is 3. The number of piperidine rings is 1. The van der Waals surface area contributed by atoms with E-state index in [-0.39, 0.29) is 36.7 Å². The van der Waals surface area contributed by atoms with Crippen LogP contribution in [0.2, 0.25) is 0 Å². The van der Waals surface area contributed by atoms with Gasteiger partial charge in [0.25, 0.3) is 0 Å². The van der Waals surface area contributed by atoms with Gasteiger partial charge in [-0.3, -0.25) is 4.98 Å². The summed E-state index contributed by atoms with van der Waals surface area (Å²) in [5, 5.41) is 14.2. The van der Waals surface area contributed by atoms with Gasteiger partial charge in [-0.2, -0.15) is 0 Å². The fourth-order valence-electron chi connectivity index (χ4n) is 4.58. The van der Waals surface area contributed by atoms with Crippen molar-refractivity contribution in [2.45, 2.75) is 31.5 Å². The summed E-state index contributed by atoms with van der Waals surface area (Å²) in [5.41, 5.74) is 2.77. The summed E-state index contributed by atoms with van der Waals surface area (Å²) >= 11 is 0. The van der Waals surface area contributed by atoms with Gasteiger partial charge in [0.05, 0.1) is 30.4 Å². The first kappa shape index (κ1) is 28.1. The number of aromatic nitrogens is 2. The molecule has 36 heavy (non-hydrogen) atoms. The van der Waals surface area contributed by atoms with Crippen LogP contribution >= 0.6 is 24.8 Å². The standard InChI is InChI=1S/C25H29FN4O4.2ClH/c1-32-24-5-3-20-25(29-24)17(18(26)14-28-20)6-8-30-9-7-19(21(31)15-30)27-13-16-2-4-22-23(12-16)34-11-10-33-22;;/h2-5,12,14,19,21,27,31H,6-11,13,15H2,1H3;2*1H/t19-,21-;;/m1../s1. The molecule has 1 aromatic carbocycles. The van der Waals surface area contributed by atoms with E-state index < -0.39 is 6.10 Å². The monoisotopic (exact) mass is 540 g/mol. The third kappa shape index (κ3) is 6.27. The van der Waals surface area contributed by atoms with E-state index in [1.165, 1.54) is 13.3 Å². The van der Waals surface area contributed by atoms with Crippen LogP contribution < -0.4 is 19.5 Å². The third-order valence-corrected chi connectivity index (χ3v) is 6.47. The van der Waals surface area contributed by atoms with E-state index in [2.05, 4.69) is 20.2 Å². The van der Waals surface area contributed by atoms with Crippen LogP contribution in [0.1, 0.15) is 17.5 Å². The van der Waals surface area contributed by atoms with Crippen molar-refractivity contribution in [1.82, 2.24) is 20.2 Å². The van der Waals surface area contributed by atoms with Crippen LogP contribution in [-0.2, 0) is 13.0 Å². The number of likely N-dealkylation sites (tertiary alicyclic amines) is 1. The number of aliphatic hydroxyl groups excluding tert-OH is 1. The fraction of sp³-hybridized carbons (Fsp3) is 0.440. The van der Waals surface area contributed by atoms with Crippen molar-refractivity contribution < 1.29 is 23.7 Å². The summed E-state index contributed by atoms with van der Waals surface area (Å²) in [6.07, 6.45) is 2.02. The highest BCUT2D eigenvalue weighted by Gasteiger charge is 2.27. The molecule has 11 heteroatoms. The second-order valence-corrected chi connectivity index (χ2v) is 8.68.